The van der Waals surface area contributed by atoms with Gasteiger partial charge in [0.05, 0.1) is 0 Å². The van der Waals surface area contributed by atoms with Crippen molar-refractivity contribution in [2.45, 2.75) is 39.2 Å². The fourth-order valence-electron chi connectivity index (χ4n) is 2.82. The number of nitrogens with zero attached hydrogens (tertiary/aromatic N) is 3. The van der Waals surface area contributed by atoms with E-state index < -0.39 is 0 Å². The molecule has 0 saturated heterocycles. The Morgan fingerprint density at radius 1 is 1.20 bits per heavy atom. The van der Waals surface area contributed by atoms with Crippen LogP contribution in [-0.4, -0.2) is 21.2 Å². The van der Waals surface area contributed by atoms with Gasteiger partial charge in [-0.25, -0.2) is 0 Å². The Morgan fingerprint density at radius 3 is 2.90 bits per heavy atom. The molecule has 4 nitrogen and oxygen atoms in total. The second-order valence-corrected chi connectivity index (χ2v) is 6.62. The zero-order chi connectivity index (χ0) is 13.9. The van der Waals surface area contributed by atoms with Crippen molar-refractivity contribution in [1.29, 1.82) is 0 Å². The maximum absolute atomic E-state index is 4.32. The molecule has 1 fully saturated rings. The summed E-state index contributed by atoms with van der Waals surface area (Å²) in [6.07, 6.45) is 5.66. The molecule has 2 heterocycles. The second-order valence-electron chi connectivity index (χ2n) is 5.65. The maximum Gasteiger partial charge on any atom is 0.206 e. The lowest BCUT2D eigenvalue weighted by Crippen LogP contribution is -2.34. The van der Waals surface area contributed by atoms with E-state index in [1.165, 1.54) is 19.3 Å². The average Bonchev–Trinajstić information content (AvgIpc) is 2.93. The Kier molecular flexibility index (Phi) is 3.96. The molecular weight excluding hydrogens is 268 g/mol. The number of hydrogen-bond acceptors (Lipinski definition) is 5. The molecule has 106 valence electrons. The van der Waals surface area contributed by atoms with E-state index in [0.29, 0.717) is 12.0 Å². The van der Waals surface area contributed by atoms with Gasteiger partial charge in [0.15, 0.2) is 5.01 Å². The molecule has 3 rings (SSSR count). The summed E-state index contributed by atoms with van der Waals surface area (Å²) in [6, 6.07) is 6.37. The predicted molar refractivity (Wildman–Crippen MR) is 82.7 cm³/mol. The monoisotopic (exact) mass is 288 g/mol. The standard InChI is InChI=1S/C15H20N4S/c1-10-6-5-8-12(11(10)2)17-15-19-18-14(20-15)13-7-3-4-9-16-13/h3-4,7,9-12H,5-6,8H2,1-2H3,(H,17,19). The molecule has 1 N–H and O–H groups in total. The Labute approximate surface area is 123 Å². The maximum atomic E-state index is 4.32. The van der Waals surface area contributed by atoms with Crippen molar-refractivity contribution in [3.8, 4) is 10.7 Å². The van der Waals surface area contributed by atoms with Crippen LogP contribution in [0.3, 0.4) is 0 Å². The van der Waals surface area contributed by atoms with Crippen molar-refractivity contribution in [2.24, 2.45) is 11.8 Å². The van der Waals surface area contributed by atoms with Crippen LogP contribution in [0.25, 0.3) is 10.7 Å². The minimum atomic E-state index is 0.517. The topological polar surface area (TPSA) is 50.7 Å². The highest BCUT2D eigenvalue weighted by molar-refractivity contribution is 7.18. The second kappa shape index (κ2) is 5.87. The Balaban J connectivity index is 1.71. The Bertz CT molecular complexity index is 554. The van der Waals surface area contributed by atoms with Crippen LogP contribution in [-0.2, 0) is 0 Å². The molecule has 1 aliphatic carbocycles. The number of nitrogens with one attached hydrogen (secondary N) is 1. The summed E-state index contributed by atoms with van der Waals surface area (Å²) in [4.78, 5) is 4.32. The summed E-state index contributed by atoms with van der Waals surface area (Å²) in [5, 5.41) is 13.9. The lowest BCUT2D eigenvalue weighted by atomic mass is 9.78. The van der Waals surface area contributed by atoms with Crippen LogP contribution in [0.1, 0.15) is 33.1 Å². The lowest BCUT2D eigenvalue weighted by Gasteiger charge is -2.34. The van der Waals surface area contributed by atoms with Crippen LogP contribution in [0.2, 0.25) is 0 Å². The van der Waals surface area contributed by atoms with Crippen molar-refractivity contribution in [1.82, 2.24) is 15.2 Å². The molecule has 2 aromatic rings. The summed E-state index contributed by atoms with van der Waals surface area (Å²) in [6.45, 7) is 4.68. The molecule has 2 aromatic heterocycles. The largest absolute Gasteiger partial charge is 0.357 e. The van der Waals surface area contributed by atoms with E-state index in [2.05, 4.69) is 34.3 Å². The van der Waals surface area contributed by atoms with Crippen molar-refractivity contribution < 1.29 is 0 Å². The first-order chi connectivity index (χ1) is 9.74. The number of pyridine rings is 1. The normalized spacial score (nSPS) is 26.4. The highest BCUT2D eigenvalue weighted by Gasteiger charge is 2.27. The molecule has 0 amide bonds. The summed E-state index contributed by atoms with van der Waals surface area (Å²) in [5.74, 6) is 1.47. The average molecular weight is 288 g/mol. The van der Waals surface area contributed by atoms with Crippen LogP contribution >= 0.6 is 11.3 Å². The zero-order valence-corrected chi connectivity index (χ0v) is 12.7. The van der Waals surface area contributed by atoms with Gasteiger partial charge in [-0.1, -0.05) is 44.1 Å². The molecule has 0 aromatic carbocycles. The van der Waals surface area contributed by atoms with Crippen LogP contribution in [0.4, 0.5) is 5.13 Å². The molecule has 0 radical (unpaired) electrons. The van der Waals surface area contributed by atoms with Gasteiger partial charge < -0.3 is 5.32 Å². The van der Waals surface area contributed by atoms with E-state index in [9.17, 15) is 0 Å². The first-order valence-electron chi connectivity index (χ1n) is 7.25. The zero-order valence-electron chi connectivity index (χ0n) is 11.9. The van der Waals surface area contributed by atoms with Crippen molar-refractivity contribution in [2.75, 3.05) is 5.32 Å². The highest BCUT2D eigenvalue weighted by atomic mass is 32.1. The minimum Gasteiger partial charge on any atom is -0.357 e. The van der Waals surface area contributed by atoms with E-state index in [4.69, 9.17) is 0 Å². The van der Waals surface area contributed by atoms with Crippen molar-refractivity contribution in [3.63, 3.8) is 0 Å². The van der Waals surface area contributed by atoms with Crippen molar-refractivity contribution in [3.05, 3.63) is 24.4 Å². The van der Waals surface area contributed by atoms with Crippen LogP contribution in [0.5, 0.6) is 0 Å². The minimum absolute atomic E-state index is 0.517. The first kappa shape index (κ1) is 13.5. The Hall–Kier alpha value is -1.49. The summed E-state index contributed by atoms with van der Waals surface area (Å²) in [7, 11) is 0. The molecular formula is C15H20N4S. The third kappa shape index (κ3) is 2.82. The fourth-order valence-corrected chi connectivity index (χ4v) is 3.60. The van der Waals surface area contributed by atoms with Gasteiger partial charge in [-0.3, -0.25) is 4.98 Å². The van der Waals surface area contributed by atoms with Crippen LogP contribution < -0.4 is 5.32 Å². The summed E-state index contributed by atoms with van der Waals surface area (Å²) in [5.41, 5.74) is 0.892. The number of hydrogen-bond donors (Lipinski definition) is 1. The van der Waals surface area contributed by atoms with E-state index >= 15 is 0 Å². The molecule has 3 unspecified atom stereocenters. The number of anilines is 1. The summed E-state index contributed by atoms with van der Waals surface area (Å²) >= 11 is 1.59. The van der Waals surface area contributed by atoms with Gasteiger partial charge in [0.25, 0.3) is 0 Å². The highest BCUT2D eigenvalue weighted by Crippen LogP contribution is 2.33. The lowest BCUT2D eigenvalue weighted by molar-refractivity contribution is 0.253. The van der Waals surface area contributed by atoms with Gasteiger partial charge in [0.2, 0.25) is 5.13 Å². The Morgan fingerprint density at radius 2 is 2.10 bits per heavy atom. The SMILES string of the molecule is CC1CCCC(Nc2nnc(-c3ccccn3)s2)C1C. The van der Waals surface area contributed by atoms with Crippen molar-refractivity contribution >= 4 is 16.5 Å². The molecule has 1 aliphatic rings. The number of rotatable bonds is 3. The molecule has 20 heavy (non-hydrogen) atoms. The third-order valence-corrected chi connectivity index (χ3v) is 5.20. The van der Waals surface area contributed by atoms with Gasteiger partial charge in [-0.15, -0.1) is 10.2 Å². The molecule has 5 heteroatoms. The van der Waals surface area contributed by atoms with Gasteiger partial charge in [-0.2, -0.15) is 0 Å². The van der Waals surface area contributed by atoms with Gasteiger partial charge in [0, 0.05) is 12.2 Å². The van der Waals surface area contributed by atoms with Crippen LogP contribution in [0.15, 0.2) is 24.4 Å². The molecule has 3 atom stereocenters. The van der Waals surface area contributed by atoms with E-state index in [1.807, 2.05) is 18.2 Å². The summed E-state index contributed by atoms with van der Waals surface area (Å²) < 4.78 is 0. The van der Waals surface area contributed by atoms with E-state index in [0.717, 1.165) is 21.8 Å². The van der Waals surface area contributed by atoms with Gasteiger partial charge in [-0.05, 0) is 30.4 Å². The fraction of sp³-hybridized carbons (Fsp3) is 0.533. The molecule has 0 bridgehead atoms. The van der Waals surface area contributed by atoms with Crippen LogP contribution in [0, 0.1) is 11.8 Å². The molecule has 1 saturated carbocycles. The van der Waals surface area contributed by atoms with E-state index in [-0.39, 0.29) is 0 Å². The smallest absolute Gasteiger partial charge is 0.206 e. The quantitative estimate of drug-likeness (QED) is 0.932. The first-order valence-corrected chi connectivity index (χ1v) is 8.07. The predicted octanol–water partition coefficient (Wildman–Crippen LogP) is 3.84. The van der Waals surface area contributed by atoms with Gasteiger partial charge in [0.1, 0.15) is 5.69 Å². The molecule has 0 aliphatic heterocycles. The van der Waals surface area contributed by atoms with E-state index in [1.54, 1.807) is 17.5 Å². The van der Waals surface area contributed by atoms with Gasteiger partial charge >= 0.3 is 0 Å². The third-order valence-electron chi connectivity index (χ3n) is 4.32. The molecule has 0 spiro atoms. The number of aromatic nitrogens is 3.